The minimum atomic E-state index is -0.440. The highest BCUT2D eigenvalue weighted by Gasteiger charge is 2.32. The number of carbonyl (C=O) groups excluding carboxylic acids is 1. The molecule has 1 aromatic carbocycles. The molecule has 3 aromatic rings. The molecule has 2 aromatic heterocycles. The number of carbonyl (C=O) groups is 1. The van der Waals surface area contributed by atoms with Gasteiger partial charge in [-0.15, -0.1) is 0 Å². The molecule has 0 bridgehead atoms. The van der Waals surface area contributed by atoms with Crippen LogP contribution < -0.4 is 9.64 Å². The average molecular weight is 335 g/mol. The van der Waals surface area contributed by atoms with Crippen molar-refractivity contribution in [2.24, 2.45) is 0 Å². The largest absolute Gasteiger partial charge is 0.496 e. The van der Waals surface area contributed by atoms with Gasteiger partial charge in [-0.1, -0.05) is 12.1 Å². The van der Waals surface area contributed by atoms with Gasteiger partial charge in [0.25, 0.3) is 5.91 Å². The molecular formula is C19H14FN3O2. The van der Waals surface area contributed by atoms with E-state index in [0.717, 1.165) is 17.3 Å². The zero-order valence-corrected chi connectivity index (χ0v) is 13.4. The SMILES string of the molecule is COc1ccccc1-c1nccc2c1CN(c1ccc(F)cn1)C2=O. The van der Waals surface area contributed by atoms with Crippen molar-refractivity contribution in [1.29, 1.82) is 0 Å². The first-order chi connectivity index (χ1) is 12.2. The molecule has 1 aliphatic rings. The van der Waals surface area contributed by atoms with Gasteiger partial charge >= 0.3 is 0 Å². The van der Waals surface area contributed by atoms with Crippen LogP contribution in [0, 0.1) is 5.82 Å². The van der Waals surface area contributed by atoms with Crippen LogP contribution in [0.4, 0.5) is 10.2 Å². The molecule has 0 unspecified atom stereocenters. The van der Waals surface area contributed by atoms with Crippen LogP contribution in [0.25, 0.3) is 11.3 Å². The third-order valence-corrected chi connectivity index (χ3v) is 4.20. The highest BCUT2D eigenvalue weighted by molar-refractivity contribution is 6.10. The molecule has 0 radical (unpaired) electrons. The number of methoxy groups -OCH3 is 1. The van der Waals surface area contributed by atoms with Gasteiger partial charge in [-0.3, -0.25) is 14.7 Å². The van der Waals surface area contributed by atoms with Gasteiger partial charge in [-0.05, 0) is 30.3 Å². The number of anilines is 1. The van der Waals surface area contributed by atoms with Crippen molar-refractivity contribution in [3.8, 4) is 17.0 Å². The summed E-state index contributed by atoms with van der Waals surface area (Å²) in [6, 6.07) is 12.0. The van der Waals surface area contributed by atoms with E-state index in [1.807, 2.05) is 24.3 Å². The number of rotatable bonds is 3. The van der Waals surface area contributed by atoms with E-state index in [9.17, 15) is 9.18 Å². The van der Waals surface area contributed by atoms with Crippen molar-refractivity contribution < 1.29 is 13.9 Å². The lowest BCUT2D eigenvalue weighted by atomic mass is 10.0. The molecule has 3 heterocycles. The number of halogens is 1. The Labute approximate surface area is 143 Å². The Kier molecular flexibility index (Phi) is 3.65. The van der Waals surface area contributed by atoms with Crippen molar-refractivity contribution in [3.05, 3.63) is 71.8 Å². The van der Waals surface area contributed by atoms with E-state index >= 15 is 0 Å². The van der Waals surface area contributed by atoms with Gasteiger partial charge in [-0.2, -0.15) is 0 Å². The molecule has 0 aliphatic carbocycles. The molecule has 0 fully saturated rings. The second-order valence-electron chi connectivity index (χ2n) is 5.61. The van der Waals surface area contributed by atoms with Crippen molar-refractivity contribution in [2.75, 3.05) is 12.0 Å². The van der Waals surface area contributed by atoms with Crippen LogP contribution in [-0.4, -0.2) is 23.0 Å². The van der Waals surface area contributed by atoms with Crippen LogP contribution >= 0.6 is 0 Å². The van der Waals surface area contributed by atoms with Crippen molar-refractivity contribution in [1.82, 2.24) is 9.97 Å². The van der Waals surface area contributed by atoms with E-state index in [-0.39, 0.29) is 5.91 Å². The molecule has 1 amide bonds. The van der Waals surface area contributed by atoms with Crippen LogP contribution in [0.2, 0.25) is 0 Å². The molecule has 25 heavy (non-hydrogen) atoms. The molecule has 0 N–H and O–H groups in total. The highest BCUT2D eigenvalue weighted by atomic mass is 19.1. The molecule has 6 heteroatoms. The summed E-state index contributed by atoms with van der Waals surface area (Å²) in [6.45, 7) is 0.327. The monoisotopic (exact) mass is 335 g/mol. The molecular weight excluding hydrogens is 321 g/mol. The third-order valence-electron chi connectivity index (χ3n) is 4.20. The number of pyridine rings is 2. The summed E-state index contributed by atoms with van der Waals surface area (Å²) in [7, 11) is 1.60. The average Bonchev–Trinajstić information content (AvgIpc) is 2.99. The van der Waals surface area contributed by atoms with Crippen molar-refractivity contribution in [2.45, 2.75) is 6.54 Å². The first-order valence-corrected chi connectivity index (χ1v) is 7.73. The lowest BCUT2D eigenvalue weighted by molar-refractivity contribution is 0.0996. The minimum absolute atomic E-state index is 0.173. The number of para-hydroxylation sites is 1. The Balaban J connectivity index is 1.80. The maximum absolute atomic E-state index is 13.1. The minimum Gasteiger partial charge on any atom is -0.496 e. The van der Waals surface area contributed by atoms with Gasteiger partial charge in [0, 0.05) is 22.9 Å². The Hall–Kier alpha value is -3.28. The second kappa shape index (κ2) is 5.98. The summed E-state index contributed by atoms with van der Waals surface area (Å²) in [6.07, 6.45) is 2.71. The van der Waals surface area contributed by atoms with Crippen molar-refractivity contribution in [3.63, 3.8) is 0 Å². The summed E-state index contributed by atoms with van der Waals surface area (Å²) in [4.78, 5) is 22.8. The Bertz CT molecular complexity index is 957. The summed E-state index contributed by atoms with van der Waals surface area (Å²) in [5.41, 5.74) is 2.90. The smallest absolute Gasteiger partial charge is 0.260 e. The van der Waals surface area contributed by atoms with Gasteiger partial charge in [0.05, 0.1) is 25.5 Å². The zero-order valence-electron chi connectivity index (χ0n) is 13.4. The zero-order chi connectivity index (χ0) is 17.4. The highest BCUT2D eigenvalue weighted by Crippen LogP contribution is 2.36. The molecule has 0 spiro atoms. The van der Waals surface area contributed by atoms with Gasteiger partial charge in [0.2, 0.25) is 0 Å². The van der Waals surface area contributed by atoms with Crippen LogP contribution in [0.1, 0.15) is 15.9 Å². The molecule has 0 atom stereocenters. The van der Waals surface area contributed by atoms with Crippen molar-refractivity contribution >= 4 is 11.7 Å². The molecule has 4 rings (SSSR count). The van der Waals surface area contributed by atoms with E-state index in [1.54, 1.807) is 19.4 Å². The fourth-order valence-corrected chi connectivity index (χ4v) is 3.01. The number of fused-ring (bicyclic) bond motifs is 1. The third kappa shape index (κ3) is 2.52. The summed E-state index contributed by atoms with van der Waals surface area (Å²) in [5, 5.41) is 0. The Morgan fingerprint density at radius 2 is 1.92 bits per heavy atom. The molecule has 0 saturated heterocycles. The van der Waals surface area contributed by atoms with E-state index in [0.29, 0.717) is 29.4 Å². The Morgan fingerprint density at radius 1 is 1.08 bits per heavy atom. The Morgan fingerprint density at radius 3 is 2.68 bits per heavy atom. The van der Waals surface area contributed by atoms with Gasteiger partial charge in [0.1, 0.15) is 17.4 Å². The van der Waals surface area contributed by atoms with Gasteiger partial charge < -0.3 is 4.74 Å². The second-order valence-corrected chi connectivity index (χ2v) is 5.61. The number of aromatic nitrogens is 2. The maximum Gasteiger partial charge on any atom is 0.260 e. The number of benzene rings is 1. The first-order valence-electron chi connectivity index (χ1n) is 7.73. The number of nitrogens with zero attached hydrogens (tertiary/aromatic N) is 3. The predicted molar refractivity (Wildman–Crippen MR) is 90.9 cm³/mol. The van der Waals surface area contributed by atoms with Crippen LogP contribution in [0.5, 0.6) is 5.75 Å². The van der Waals surface area contributed by atoms with Gasteiger partial charge in [-0.25, -0.2) is 9.37 Å². The van der Waals surface area contributed by atoms with Gasteiger partial charge in [0.15, 0.2) is 0 Å². The van der Waals surface area contributed by atoms with E-state index < -0.39 is 5.82 Å². The normalized spacial score (nSPS) is 13.0. The predicted octanol–water partition coefficient (Wildman–Crippen LogP) is 3.45. The fourth-order valence-electron chi connectivity index (χ4n) is 3.01. The lowest BCUT2D eigenvalue weighted by Crippen LogP contribution is -2.23. The maximum atomic E-state index is 13.1. The molecule has 124 valence electrons. The molecule has 0 saturated carbocycles. The summed E-state index contributed by atoms with van der Waals surface area (Å²) >= 11 is 0. The van der Waals surface area contributed by atoms with Crippen LogP contribution in [0.15, 0.2) is 54.9 Å². The van der Waals surface area contributed by atoms with E-state index in [4.69, 9.17) is 4.74 Å². The number of hydrogen-bond donors (Lipinski definition) is 0. The van der Waals surface area contributed by atoms with Crippen LogP contribution in [0.3, 0.4) is 0 Å². The first kappa shape index (κ1) is 15.3. The quantitative estimate of drug-likeness (QED) is 0.736. The number of hydrogen-bond acceptors (Lipinski definition) is 4. The lowest BCUT2D eigenvalue weighted by Gasteiger charge is -2.14. The number of amides is 1. The molecule has 1 aliphatic heterocycles. The summed E-state index contributed by atoms with van der Waals surface area (Å²) in [5.74, 6) is 0.486. The standard InChI is InChI=1S/C19H14FN3O2/c1-25-16-5-3-2-4-14(16)18-15-11-23(17-7-6-12(20)10-22-17)19(24)13(15)8-9-21-18/h2-10H,11H2,1H3. The topological polar surface area (TPSA) is 55.3 Å². The van der Waals surface area contributed by atoms with E-state index in [2.05, 4.69) is 9.97 Å². The van der Waals surface area contributed by atoms with Crippen LogP contribution in [-0.2, 0) is 6.54 Å². The number of ether oxygens (including phenoxy) is 1. The summed E-state index contributed by atoms with van der Waals surface area (Å²) < 4.78 is 18.5. The van der Waals surface area contributed by atoms with E-state index in [1.165, 1.54) is 17.0 Å². The fraction of sp³-hybridized carbons (Fsp3) is 0.105. The molecule has 5 nitrogen and oxygen atoms in total.